The van der Waals surface area contributed by atoms with E-state index in [1.807, 2.05) is 45.0 Å². The number of rotatable bonds is 3. The van der Waals surface area contributed by atoms with Gasteiger partial charge in [-0.05, 0) is 53.9 Å². The standard InChI is InChI=1S/C16H18BrN3O2/c1-16(2,3)20(15(21)22)10-11-5-4-6-12(7-11)13-8-18-14(17)19-9-13/h4-9H,10H2,1-3H3,(H,21,22). The van der Waals surface area contributed by atoms with E-state index in [0.29, 0.717) is 11.3 Å². The molecule has 0 saturated carbocycles. The van der Waals surface area contributed by atoms with Crippen LogP contribution in [0.5, 0.6) is 0 Å². The topological polar surface area (TPSA) is 66.3 Å². The highest BCUT2D eigenvalue weighted by Gasteiger charge is 2.26. The number of aromatic nitrogens is 2. The average molecular weight is 364 g/mol. The Labute approximate surface area is 138 Å². The summed E-state index contributed by atoms with van der Waals surface area (Å²) in [5.41, 5.74) is 2.33. The Kier molecular flexibility index (Phi) is 4.81. The third-order valence-corrected chi connectivity index (χ3v) is 3.67. The highest BCUT2D eigenvalue weighted by molar-refractivity contribution is 9.10. The summed E-state index contributed by atoms with van der Waals surface area (Å²) < 4.78 is 0.539. The van der Waals surface area contributed by atoms with Gasteiger partial charge in [-0.1, -0.05) is 18.2 Å². The van der Waals surface area contributed by atoms with Gasteiger partial charge in [-0.2, -0.15) is 0 Å². The summed E-state index contributed by atoms with van der Waals surface area (Å²) in [4.78, 5) is 21.1. The summed E-state index contributed by atoms with van der Waals surface area (Å²) >= 11 is 3.21. The fourth-order valence-electron chi connectivity index (χ4n) is 2.08. The van der Waals surface area contributed by atoms with Crippen molar-refractivity contribution in [2.24, 2.45) is 0 Å². The number of halogens is 1. The summed E-state index contributed by atoms with van der Waals surface area (Å²) in [6.45, 7) is 5.98. The predicted octanol–water partition coefficient (Wildman–Crippen LogP) is 4.18. The fourth-order valence-corrected chi connectivity index (χ4v) is 2.29. The van der Waals surface area contributed by atoms with Crippen LogP contribution in [0.4, 0.5) is 4.79 Å². The second-order valence-corrected chi connectivity index (χ2v) is 6.69. The molecule has 0 atom stereocenters. The van der Waals surface area contributed by atoms with Gasteiger partial charge in [0, 0.05) is 30.0 Å². The van der Waals surface area contributed by atoms with E-state index < -0.39 is 11.6 Å². The smallest absolute Gasteiger partial charge is 0.408 e. The van der Waals surface area contributed by atoms with Crippen molar-refractivity contribution in [1.82, 2.24) is 14.9 Å². The van der Waals surface area contributed by atoms with Crippen LogP contribution in [0.25, 0.3) is 11.1 Å². The third kappa shape index (κ3) is 4.04. The lowest BCUT2D eigenvalue weighted by Crippen LogP contribution is -2.44. The molecule has 6 heteroatoms. The second kappa shape index (κ2) is 6.44. The summed E-state index contributed by atoms with van der Waals surface area (Å²) in [6, 6.07) is 7.76. The molecule has 1 amide bonds. The van der Waals surface area contributed by atoms with Crippen molar-refractivity contribution in [2.75, 3.05) is 0 Å². The van der Waals surface area contributed by atoms with Crippen molar-refractivity contribution in [3.63, 3.8) is 0 Å². The van der Waals surface area contributed by atoms with E-state index in [-0.39, 0.29) is 0 Å². The number of benzene rings is 1. The molecule has 1 aromatic heterocycles. The van der Waals surface area contributed by atoms with Gasteiger partial charge in [-0.25, -0.2) is 14.8 Å². The van der Waals surface area contributed by atoms with E-state index in [2.05, 4.69) is 25.9 Å². The molecule has 1 aromatic carbocycles. The molecule has 2 rings (SSSR count). The molecule has 116 valence electrons. The zero-order valence-electron chi connectivity index (χ0n) is 12.7. The van der Waals surface area contributed by atoms with Crippen molar-refractivity contribution in [2.45, 2.75) is 32.9 Å². The van der Waals surface area contributed by atoms with Gasteiger partial charge in [0.05, 0.1) is 0 Å². The Morgan fingerprint density at radius 1 is 1.23 bits per heavy atom. The van der Waals surface area contributed by atoms with Crippen LogP contribution in [0.2, 0.25) is 0 Å². The molecule has 0 unspecified atom stereocenters. The van der Waals surface area contributed by atoms with Gasteiger partial charge in [0.2, 0.25) is 0 Å². The van der Waals surface area contributed by atoms with Crippen LogP contribution in [0.3, 0.4) is 0 Å². The molecule has 0 aliphatic heterocycles. The third-order valence-electron chi connectivity index (χ3n) is 3.26. The normalized spacial score (nSPS) is 11.3. The van der Waals surface area contributed by atoms with Crippen LogP contribution in [-0.4, -0.2) is 31.6 Å². The summed E-state index contributed by atoms with van der Waals surface area (Å²) in [5.74, 6) is 0. The number of carbonyl (C=O) groups is 1. The predicted molar refractivity (Wildman–Crippen MR) is 88.5 cm³/mol. The summed E-state index contributed by atoms with van der Waals surface area (Å²) in [7, 11) is 0. The minimum absolute atomic E-state index is 0.337. The van der Waals surface area contributed by atoms with Gasteiger partial charge in [-0.15, -0.1) is 0 Å². The molecule has 5 nitrogen and oxygen atoms in total. The SMILES string of the molecule is CC(C)(C)N(Cc1cccc(-c2cnc(Br)nc2)c1)C(=O)O. The molecule has 2 aromatic rings. The minimum atomic E-state index is -0.926. The van der Waals surface area contributed by atoms with Crippen LogP contribution in [0, 0.1) is 0 Å². The number of hydrogen-bond acceptors (Lipinski definition) is 3. The molecule has 1 N–H and O–H groups in total. The zero-order valence-corrected chi connectivity index (χ0v) is 14.3. The maximum Gasteiger partial charge on any atom is 0.408 e. The lowest BCUT2D eigenvalue weighted by Gasteiger charge is -2.33. The van der Waals surface area contributed by atoms with Gasteiger partial charge >= 0.3 is 6.09 Å². The number of hydrogen-bond donors (Lipinski definition) is 1. The van der Waals surface area contributed by atoms with Crippen molar-refractivity contribution in [3.8, 4) is 11.1 Å². The van der Waals surface area contributed by atoms with Gasteiger partial charge in [0.15, 0.2) is 4.73 Å². The van der Waals surface area contributed by atoms with Gasteiger partial charge in [-0.3, -0.25) is 4.90 Å². The number of carboxylic acid groups (broad SMARTS) is 1. The van der Waals surface area contributed by atoms with E-state index >= 15 is 0 Å². The monoisotopic (exact) mass is 363 g/mol. The Hall–Kier alpha value is -1.95. The van der Waals surface area contributed by atoms with E-state index in [1.54, 1.807) is 12.4 Å². The molecule has 22 heavy (non-hydrogen) atoms. The molecule has 0 bridgehead atoms. The highest BCUT2D eigenvalue weighted by atomic mass is 79.9. The van der Waals surface area contributed by atoms with E-state index in [9.17, 15) is 9.90 Å². The van der Waals surface area contributed by atoms with Crippen molar-refractivity contribution in [1.29, 1.82) is 0 Å². The molecule has 0 radical (unpaired) electrons. The number of amides is 1. The lowest BCUT2D eigenvalue weighted by molar-refractivity contribution is 0.0956. The van der Waals surface area contributed by atoms with Gasteiger partial charge in [0.25, 0.3) is 0 Å². The molecule has 0 aliphatic carbocycles. The summed E-state index contributed by atoms with van der Waals surface area (Å²) in [5, 5.41) is 9.39. The second-order valence-electron chi connectivity index (χ2n) is 5.98. The Morgan fingerprint density at radius 3 is 2.41 bits per heavy atom. The average Bonchev–Trinajstić information content (AvgIpc) is 2.44. The maximum absolute atomic E-state index is 11.4. The zero-order chi connectivity index (χ0) is 16.3. The molecular weight excluding hydrogens is 346 g/mol. The largest absolute Gasteiger partial charge is 0.465 e. The maximum atomic E-state index is 11.4. The van der Waals surface area contributed by atoms with E-state index in [1.165, 1.54) is 4.90 Å². The first-order valence-electron chi connectivity index (χ1n) is 6.85. The molecule has 0 spiro atoms. The first-order chi connectivity index (χ1) is 10.3. The molecule has 0 aliphatic rings. The Bertz CT molecular complexity index is 666. The Morgan fingerprint density at radius 2 is 1.86 bits per heavy atom. The van der Waals surface area contributed by atoms with Crippen molar-refractivity contribution >= 4 is 22.0 Å². The van der Waals surface area contributed by atoms with E-state index in [0.717, 1.165) is 16.7 Å². The van der Waals surface area contributed by atoms with Gasteiger partial charge < -0.3 is 5.11 Å². The first-order valence-corrected chi connectivity index (χ1v) is 7.64. The molecule has 0 fully saturated rings. The lowest BCUT2D eigenvalue weighted by atomic mass is 10.0. The van der Waals surface area contributed by atoms with E-state index in [4.69, 9.17) is 0 Å². The van der Waals surface area contributed by atoms with Crippen LogP contribution in [0.1, 0.15) is 26.3 Å². The van der Waals surface area contributed by atoms with Gasteiger partial charge in [0.1, 0.15) is 0 Å². The molecule has 1 heterocycles. The van der Waals surface area contributed by atoms with Crippen LogP contribution < -0.4 is 0 Å². The highest BCUT2D eigenvalue weighted by Crippen LogP contribution is 2.23. The fraction of sp³-hybridized carbons (Fsp3) is 0.312. The van der Waals surface area contributed by atoms with Crippen LogP contribution >= 0.6 is 15.9 Å². The first kappa shape index (κ1) is 16.4. The minimum Gasteiger partial charge on any atom is -0.465 e. The summed E-state index contributed by atoms with van der Waals surface area (Å²) in [6.07, 6.45) is 2.54. The van der Waals surface area contributed by atoms with Crippen molar-refractivity contribution in [3.05, 3.63) is 47.0 Å². The van der Waals surface area contributed by atoms with Crippen LogP contribution in [0.15, 0.2) is 41.4 Å². The van der Waals surface area contributed by atoms with Crippen molar-refractivity contribution < 1.29 is 9.90 Å². The van der Waals surface area contributed by atoms with Crippen LogP contribution in [-0.2, 0) is 6.54 Å². The number of nitrogens with zero attached hydrogens (tertiary/aromatic N) is 3. The molecular formula is C16H18BrN3O2. The quantitative estimate of drug-likeness (QED) is 0.830. The molecule has 0 saturated heterocycles. The Balaban J connectivity index is 2.28.